The molecule has 2 aliphatic rings. The molecule has 0 bridgehead atoms. The van der Waals surface area contributed by atoms with E-state index in [-0.39, 0.29) is 11.9 Å². The Morgan fingerprint density at radius 1 is 1.52 bits per heavy atom. The average Bonchev–Trinajstić information content (AvgIpc) is 3.12. The van der Waals surface area contributed by atoms with E-state index in [1.165, 1.54) is 11.3 Å². The zero-order valence-corrected chi connectivity index (χ0v) is 13.2. The van der Waals surface area contributed by atoms with Crippen LogP contribution in [0.1, 0.15) is 48.6 Å². The van der Waals surface area contributed by atoms with Crippen molar-refractivity contribution in [3.05, 3.63) is 16.1 Å². The van der Waals surface area contributed by atoms with E-state index in [4.69, 9.17) is 4.74 Å². The summed E-state index contributed by atoms with van der Waals surface area (Å²) in [5, 5.41) is 2.79. The first-order chi connectivity index (χ1) is 10.0. The quantitative estimate of drug-likeness (QED) is 0.804. The second-order valence-corrected chi connectivity index (χ2v) is 7.14. The summed E-state index contributed by atoms with van der Waals surface area (Å²) in [6, 6.07) is 0. The molecule has 2 fully saturated rings. The third kappa shape index (κ3) is 2.46. The molecule has 1 aromatic rings. The highest BCUT2D eigenvalue weighted by Gasteiger charge is 2.54. The Morgan fingerprint density at radius 3 is 3.00 bits per heavy atom. The number of hydrogen-bond acceptors (Lipinski definition) is 5. The number of carbonyl (C=O) groups is 2. The first-order valence-corrected chi connectivity index (χ1v) is 8.34. The van der Waals surface area contributed by atoms with Gasteiger partial charge in [-0.25, -0.2) is 9.78 Å². The van der Waals surface area contributed by atoms with Crippen molar-refractivity contribution in [3.63, 3.8) is 0 Å². The van der Waals surface area contributed by atoms with Crippen molar-refractivity contribution in [1.82, 2.24) is 9.88 Å². The van der Waals surface area contributed by atoms with E-state index in [0.717, 1.165) is 17.8 Å². The Kier molecular flexibility index (Phi) is 3.73. The molecular formula is C15H20N2O3S. The van der Waals surface area contributed by atoms with E-state index in [1.807, 2.05) is 5.38 Å². The van der Waals surface area contributed by atoms with Crippen LogP contribution in [0, 0.1) is 5.92 Å². The number of ether oxygens (including phenoxy) is 1. The third-order valence-corrected chi connectivity index (χ3v) is 5.09. The summed E-state index contributed by atoms with van der Waals surface area (Å²) in [6.45, 7) is 5.29. The maximum atomic E-state index is 12.7. The molecule has 1 atom stereocenters. The van der Waals surface area contributed by atoms with Gasteiger partial charge in [0.1, 0.15) is 11.2 Å². The Bertz CT molecular complexity index is 565. The topological polar surface area (TPSA) is 59.5 Å². The number of esters is 1. The fourth-order valence-corrected chi connectivity index (χ4v) is 4.17. The minimum Gasteiger partial charge on any atom is -0.464 e. The first kappa shape index (κ1) is 14.5. The van der Waals surface area contributed by atoms with Crippen LogP contribution in [0.4, 0.5) is 0 Å². The zero-order chi connectivity index (χ0) is 15.0. The van der Waals surface area contributed by atoms with Crippen LogP contribution in [0.15, 0.2) is 5.38 Å². The van der Waals surface area contributed by atoms with Crippen LogP contribution in [0.25, 0.3) is 0 Å². The highest BCUT2D eigenvalue weighted by Crippen LogP contribution is 2.38. The lowest BCUT2D eigenvalue weighted by Gasteiger charge is -2.30. The Labute approximate surface area is 128 Å². The van der Waals surface area contributed by atoms with Crippen molar-refractivity contribution in [2.24, 2.45) is 5.92 Å². The van der Waals surface area contributed by atoms with Gasteiger partial charge < -0.3 is 9.64 Å². The number of hydrogen-bond donors (Lipinski definition) is 0. The fraction of sp³-hybridized carbons (Fsp3) is 0.667. The van der Waals surface area contributed by atoms with Gasteiger partial charge in [0.2, 0.25) is 0 Å². The SMILES string of the molecule is CC(C)Cc1nc(C(=O)N2CCCC23CCOC3=O)cs1. The molecule has 0 aromatic carbocycles. The molecule has 2 saturated heterocycles. The van der Waals surface area contributed by atoms with Crippen LogP contribution < -0.4 is 0 Å². The molecule has 5 nitrogen and oxygen atoms in total. The smallest absolute Gasteiger partial charge is 0.332 e. The lowest BCUT2D eigenvalue weighted by Crippen LogP contribution is -2.50. The number of rotatable bonds is 3. The van der Waals surface area contributed by atoms with Gasteiger partial charge in [0.15, 0.2) is 0 Å². The monoisotopic (exact) mass is 308 g/mol. The predicted molar refractivity (Wildman–Crippen MR) is 79.2 cm³/mol. The molecule has 1 aromatic heterocycles. The molecule has 6 heteroatoms. The van der Waals surface area contributed by atoms with Gasteiger partial charge in [-0.2, -0.15) is 0 Å². The molecule has 21 heavy (non-hydrogen) atoms. The van der Waals surface area contributed by atoms with Crippen LogP contribution >= 0.6 is 11.3 Å². The minimum atomic E-state index is -0.723. The van der Waals surface area contributed by atoms with Crippen molar-refractivity contribution >= 4 is 23.2 Å². The molecule has 0 saturated carbocycles. The Balaban J connectivity index is 1.81. The predicted octanol–water partition coefficient (Wildman–Crippen LogP) is 2.26. The molecule has 0 radical (unpaired) electrons. The third-order valence-electron chi connectivity index (χ3n) is 4.22. The van der Waals surface area contributed by atoms with Gasteiger partial charge in [0.05, 0.1) is 11.6 Å². The Morgan fingerprint density at radius 2 is 2.33 bits per heavy atom. The summed E-state index contributed by atoms with van der Waals surface area (Å²) in [7, 11) is 0. The molecular weight excluding hydrogens is 288 g/mol. The number of thiazole rings is 1. The fourth-order valence-electron chi connectivity index (χ4n) is 3.19. The summed E-state index contributed by atoms with van der Waals surface area (Å²) in [6.07, 6.45) is 3.05. The standard InChI is InChI=1S/C15H20N2O3S/c1-10(2)8-12-16-11(9-21-12)13(18)17-6-3-4-15(17)5-7-20-14(15)19/h9-10H,3-8H2,1-2H3. The van der Waals surface area contributed by atoms with E-state index in [1.54, 1.807) is 4.90 Å². The minimum absolute atomic E-state index is 0.127. The summed E-state index contributed by atoms with van der Waals surface area (Å²) >= 11 is 1.52. The van der Waals surface area contributed by atoms with Gasteiger partial charge in [-0.3, -0.25) is 4.79 Å². The van der Waals surface area contributed by atoms with Crippen molar-refractivity contribution < 1.29 is 14.3 Å². The molecule has 3 heterocycles. The molecule has 3 rings (SSSR count). The van der Waals surface area contributed by atoms with Gasteiger partial charge in [-0.15, -0.1) is 11.3 Å². The van der Waals surface area contributed by atoms with Crippen molar-refractivity contribution in [1.29, 1.82) is 0 Å². The van der Waals surface area contributed by atoms with Gasteiger partial charge in [0, 0.05) is 24.8 Å². The second-order valence-electron chi connectivity index (χ2n) is 6.20. The molecule has 0 N–H and O–H groups in total. The normalized spacial score (nSPS) is 25.1. The highest BCUT2D eigenvalue weighted by atomic mass is 32.1. The summed E-state index contributed by atoms with van der Waals surface area (Å²) < 4.78 is 5.11. The Hall–Kier alpha value is -1.43. The second kappa shape index (κ2) is 5.40. The molecule has 2 aliphatic heterocycles. The van der Waals surface area contributed by atoms with Crippen molar-refractivity contribution in [3.8, 4) is 0 Å². The maximum absolute atomic E-state index is 12.7. The van der Waals surface area contributed by atoms with Crippen LogP contribution in [0.5, 0.6) is 0 Å². The number of nitrogens with zero attached hydrogens (tertiary/aromatic N) is 2. The van der Waals surface area contributed by atoms with Crippen LogP contribution in [-0.2, 0) is 16.0 Å². The van der Waals surface area contributed by atoms with E-state index in [9.17, 15) is 9.59 Å². The lowest BCUT2D eigenvalue weighted by atomic mass is 9.94. The number of cyclic esters (lactones) is 1. The van der Waals surface area contributed by atoms with E-state index >= 15 is 0 Å². The van der Waals surface area contributed by atoms with Crippen LogP contribution in [0.2, 0.25) is 0 Å². The zero-order valence-electron chi connectivity index (χ0n) is 12.4. The summed E-state index contributed by atoms with van der Waals surface area (Å²) in [4.78, 5) is 30.9. The van der Waals surface area contributed by atoms with E-state index in [0.29, 0.717) is 37.6 Å². The molecule has 1 amide bonds. The number of amides is 1. The lowest BCUT2D eigenvalue weighted by molar-refractivity contribution is -0.145. The molecule has 0 aliphatic carbocycles. The average molecular weight is 308 g/mol. The number of likely N-dealkylation sites (tertiary alicyclic amines) is 1. The maximum Gasteiger partial charge on any atom is 0.332 e. The molecule has 1 unspecified atom stereocenters. The van der Waals surface area contributed by atoms with Gasteiger partial charge >= 0.3 is 5.97 Å². The van der Waals surface area contributed by atoms with Crippen LogP contribution in [0.3, 0.4) is 0 Å². The largest absolute Gasteiger partial charge is 0.464 e. The first-order valence-electron chi connectivity index (χ1n) is 7.46. The van der Waals surface area contributed by atoms with E-state index in [2.05, 4.69) is 18.8 Å². The molecule has 1 spiro atoms. The van der Waals surface area contributed by atoms with Gasteiger partial charge in [-0.05, 0) is 18.8 Å². The van der Waals surface area contributed by atoms with Crippen molar-refractivity contribution in [2.45, 2.75) is 45.1 Å². The van der Waals surface area contributed by atoms with Crippen LogP contribution in [-0.4, -0.2) is 40.5 Å². The van der Waals surface area contributed by atoms with Crippen molar-refractivity contribution in [2.75, 3.05) is 13.2 Å². The van der Waals surface area contributed by atoms with Gasteiger partial charge in [0.25, 0.3) is 5.91 Å². The number of carbonyl (C=O) groups excluding carboxylic acids is 2. The molecule has 114 valence electrons. The summed E-state index contributed by atoms with van der Waals surface area (Å²) in [5.74, 6) is 0.144. The highest BCUT2D eigenvalue weighted by molar-refractivity contribution is 7.09. The van der Waals surface area contributed by atoms with E-state index < -0.39 is 5.54 Å². The summed E-state index contributed by atoms with van der Waals surface area (Å²) in [5.41, 5.74) is -0.254. The van der Waals surface area contributed by atoms with Gasteiger partial charge in [-0.1, -0.05) is 13.8 Å². The number of aromatic nitrogens is 1.